The number of hydrogen-bond donors (Lipinski definition) is 1. The van der Waals surface area contributed by atoms with Gasteiger partial charge in [0.1, 0.15) is 6.61 Å². The van der Waals surface area contributed by atoms with Gasteiger partial charge in [-0.2, -0.15) is 0 Å². The highest BCUT2D eigenvalue weighted by atomic mass is 16.6. The van der Waals surface area contributed by atoms with Crippen LogP contribution in [-0.2, 0) is 19.1 Å². The number of aliphatic hydroxyl groups is 1. The molecule has 0 aliphatic carbocycles. The average molecular weight is 649 g/mol. The van der Waals surface area contributed by atoms with Crippen LogP contribution in [0.2, 0.25) is 0 Å². The van der Waals surface area contributed by atoms with Crippen LogP contribution in [-0.4, -0.2) is 36.4 Å². The summed E-state index contributed by atoms with van der Waals surface area (Å²) in [5.41, 5.74) is 0. The van der Waals surface area contributed by atoms with Crippen LogP contribution < -0.4 is 0 Å². The van der Waals surface area contributed by atoms with E-state index in [4.69, 9.17) is 9.47 Å². The van der Waals surface area contributed by atoms with Crippen molar-refractivity contribution in [3.63, 3.8) is 0 Å². The fourth-order valence-electron chi connectivity index (χ4n) is 5.66. The molecule has 0 radical (unpaired) electrons. The lowest BCUT2D eigenvalue weighted by molar-refractivity contribution is -0.161. The highest BCUT2D eigenvalue weighted by molar-refractivity contribution is 5.70. The van der Waals surface area contributed by atoms with Crippen molar-refractivity contribution in [3.8, 4) is 0 Å². The number of hydrogen-bond acceptors (Lipinski definition) is 5. The highest BCUT2D eigenvalue weighted by Crippen LogP contribution is 2.13. The molecule has 0 aromatic heterocycles. The first-order valence-electron chi connectivity index (χ1n) is 19.9. The molecule has 270 valence electrons. The number of allylic oxidation sites excluding steroid dienone is 4. The molecule has 1 N–H and O–H groups in total. The fraction of sp³-hybridized carbons (Fsp3) is 0.854. The third kappa shape index (κ3) is 35.2. The van der Waals surface area contributed by atoms with E-state index in [1.54, 1.807) is 0 Å². The summed E-state index contributed by atoms with van der Waals surface area (Å²) in [6, 6.07) is 0. The van der Waals surface area contributed by atoms with Gasteiger partial charge in [-0.3, -0.25) is 9.59 Å². The van der Waals surface area contributed by atoms with E-state index in [0.717, 1.165) is 38.5 Å². The van der Waals surface area contributed by atoms with E-state index in [1.165, 1.54) is 141 Å². The number of unbranched alkanes of at least 4 members (excludes halogenated alkanes) is 24. The first-order chi connectivity index (χ1) is 22.6. The van der Waals surface area contributed by atoms with Crippen LogP contribution >= 0.6 is 0 Å². The Morgan fingerprint density at radius 2 is 0.804 bits per heavy atom. The second-order valence-corrected chi connectivity index (χ2v) is 13.4. The second-order valence-electron chi connectivity index (χ2n) is 13.4. The molecular weight excluding hydrogens is 572 g/mol. The molecule has 0 saturated heterocycles. The molecule has 0 aliphatic rings. The molecule has 0 bridgehead atoms. The number of carbonyl (C=O) groups is 2. The van der Waals surface area contributed by atoms with Gasteiger partial charge in [0.2, 0.25) is 0 Å². The lowest BCUT2D eigenvalue weighted by Gasteiger charge is -2.15. The normalized spacial score (nSPS) is 12.3. The summed E-state index contributed by atoms with van der Waals surface area (Å²) in [6.45, 7) is 4.12. The molecule has 0 fully saturated rings. The maximum atomic E-state index is 12.2. The van der Waals surface area contributed by atoms with Crippen LogP contribution in [0.4, 0.5) is 0 Å². The number of esters is 2. The minimum absolute atomic E-state index is 0.0670. The van der Waals surface area contributed by atoms with Crippen LogP contribution in [0.15, 0.2) is 24.3 Å². The molecule has 46 heavy (non-hydrogen) atoms. The summed E-state index contributed by atoms with van der Waals surface area (Å²) in [4.78, 5) is 24.2. The number of ether oxygens (including phenoxy) is 2. The van der Waals surface area contributed by atoms with E-state index < -0.39 is 6.10 Å². The van der Waals surface area contributed by atoms with Crippen molar-refractivity contribution in [3.05, 3.63) is 24.3 Å². The minimum Gasteiger partial charge on any atom is -0.462 e. The van der Waals surface area contributed by atoms with Gasteiger partial charge in [-0.1, -0.05) is 154 Å². The monoisotopic (exact) mass is 649 g/mol. The Morgan fingerprint density at radius 3 is 1.20 bits per heavy atom. The standard InChI is InChI=1S/C41H76O5/c1-3-5-7-9-11-13-15-17-19-20-22-24-26-28-30-32-34-36-41(44)46-39(37-42)38-45-40(43)35-33-31-29-27-25-23-21-18-16-14-12-10-8-6-4-2/h14,16-17,19,39,42H,3-13,15,18,20-38H2,1-2H3/b16-14-,19-17-/t39-/m0/s1. The molecular formula is C41H76O5. The lowest BCUT2D eigenvalue weighted by Crippen LogP contribution is -2.28. The van der Waals surface area contributed by atoms with Gasteiger partial charge in [-0.05, 0) is 64.2 Å². The molecule has 5 nitrogen and oxygen atoms in total. The summed E-state index contributed by atoms with van der Waals surface area (Å²) in [5, 5.41) is 9.55. The van der Waals surface area contributed by atoms with Gasteiger partial charge in [-0.25, -0.2) is 0 Å². The summed E-state index contributed by atoms with van der Waals surface area (Å²) in [6.07, 6.45) is 43.8. The van der Waals surface area contributed by atoms with Crippen molar-refractivity contribution in [2.75, 3.05) is 13.2 Å². The Morgan fingerprint density at radius 1 is 0.478 bits per heavy atom. The van der Waals surface area contributed by atoms with Crippen molar-refractivity contribution in [1.29, 1.82) is 0 Å². The quantitative estimate of drug-likeness (QED) is 0.0416. The Balaban J connectivity index is 3.55. The Bertz CT molecular complexity index is 701. The van der Waals surface area contributed by atoms with Gasteiger partial charge in [0, 0.05) is 12.8 Å². The van der Waals surface area contributed by atoms with Crippen LogP contribution in [0.1, 0.15) is 206 Å². The van der Waals surface area contributed by atoms with Crippen LogP contribution in [0.25, 0.3) is 0 Å². The molecule has 0 rings (SSSR count). The largest absolute Gasteiger partial charge is 0.462 e. The van der Waals surface area contributed by atoms with Crippen LogP contribution in [0, 0.1) is 0 Å². The van der Waals surface area contributed by atoms with Gasteiger partial charge in [0.25, 0.3) is 0 Å². The SMILES string of the molecule is CCCCCC/C=C\CCCCCCCCCC(=O)OC[C@H](CO)OC(=O)CCCCCCCCC/C=C\CCCCCCCC. The van der Waals surface area contributed by atoms with Crippen molar-refractivity contribution in [1.82, 2.24) is 0 Å². The molecule has 0 spiro atoms. The molecule has 0 aliphatic heterocycles. The van der Waals surface area contributed by atoms with Gasteiger partial charge in [-0.15, -0.1) is 0 Å². The van der Waals surface area contributed by atoms with Crippen molar-refractivity contribution in [2.24, 2.45) is 0 Å². The van der Waals surface area contributed by atoms with Gasteiger partial charge in [0.05, 0.1) is 6.61 Å². The second kappa shape index (κ2) is 37.8. The smallest absolute Gasteiger partial charge is 0.306 e. The first kappa shape index (κ1) is 44.4. The van der Waals surface area contributed by atoms with E-state index in [0.29, 0.717) is 12.8 Å². The third-order valence-electron chi connectivity index (χ3n) is 8.72. The Hall–Kier alpha value is -1.62. The highest BCUT2D eigenvalue weighted by Gasteiger charge is 2.16. The Labute approximate surface area is 285 Å². The number of aliphatic hydroxyl groups excluding tert-OH is 1. The molecule has 0 aromatic rings. The van der Waals surface area contributed by atoms with E-state index in [1.807, 2.05) is 0 Å². The maximum absolute atomic E-state index is 12.2. The summed E-state index contributed by atoms with van der Waals surface area (Å²) >= 11 is 0. The maximum Gasteiger partial charge on any atom is 0.306 e. The van der Waals surface area contributed by atoms with E-state index in [9.17, 15) is 14.7 Å². The molecule has 0 saturated carbocycles. The number of carbonyl (C=O) groups excluding carboxylic acids is 2. The predicted octanol–water partition coefficient (Wildman–Crippen LogP) is 12.3. The zero-order valence-electron chi connectivity index (χ0n) is 30.6. The summed E-state index contributed by atoms with van der Waals surface area (Å²) in [7, 11) is 0. The molecule has 0 amide bonds. The van der Waals surface area contributed by atoms with E-state index in [2.05, 4.69) is 38.2 Å². The Kier molecular flexibility index (Phi) is 36.5. The van der Waals surface area contributed by atoms with Crippen molar-refractivity contribution >= 4 is 11.9 Å². The number of rotatable bonds is 36. The molecule has 5 heteroatoms. The average Bonchev–Trinajstić information content (AvgIpc) is 3.06. The van der Waals surface area contributed by atoms with Gasteiger partial charge in [0.15, 0.2) is 6.10 Å². The molecule has 0 unspecified atom stereocenters. The van der Waals surface area contributed by atoms with E-state index >= 15 is 0 Å². The van der Waals surface area contributed by atoms with Crippen molar-refractivity contribution < 1.29 is 24.2 Å². The van der Waals surface area contributed by atoms with Gasteiger partial charge >= 0.3 is 11.9 Å². The van der Waals surface area contributed by atoms with E-state index in [-0.39, 0.29) is 25.2 Å². The van der Waals surface area contributed by atoms with Gasteiger partial charge < -0.3 is 14.6 Å². The zero-order valence-corrected chi connectivity index (χ0v) is 30.6. The molecule has 0 aromatic carbocycles. The third-order valence-corrected chi connectivity index (χ3v) is 8.72. The summed E-state index contributed by atoms with van der Waals surface area (Å²) in [5.74, 6) is -0.596. The predicted molar refractivity (Wildman–Crippen MR) is 196 cm³/mol. The van der Waals surface area contributed by atoms with Crippen molar-refractivity contribution in [2.45, 2.75) is 213 Å². The molecule has 1 atom stereocenters. The molecule has 0 heterocycles. The topological polar surface area (TPSA) is 72.8 Å². The van der Waals surface area contributed by atoms with Crippen LogP contribution in [0.5, 0.6) is 0 Å². The zero-order chi connectivity index (χ0) is 33.6. The fourth-order valence-corrected chi connectivity index (χ4v) is 5.66. The lowest BCUT2D eigenvalue weighted by atomic mass is 10.1. The first-order valence-corrected chi connectivity index (χ1v) is 19.9. The van der Waals surface area contributed by atoms with Crippen LogP contribution in [0.3, 0.4) is 0 Å². The minimum atomic E-state index is -0.771. The summed E-state index contributed by atoms with van der Waals surface area (Å²) < 4.78 is 10.6.